The van der Waals surface area contributed by atoms with Gasteiger partial charge in [0.15, 0.2) is 0 Å². The third kappa shape index (κ3) is 5.78. The summed E-state index contributed by atoms with van der Waals surface area (Å²) in [4.78, 5) is 32.6. The number of para-hydroxylation sites is 2. The second kappa shape index (κ2) is 12.2. The molecule has 8 nitrogen and oxygen atoms in total. The molecule has 0 spiro atoms. The number of imidazole rings is 1. The average molecular weight is 596 g/mol. The number of alkyl halides is 2. The topological polar surface area (TPSA) is 81.4 Å². The highest BCUT2D eigenvalue weighted by atomic mass is 35.5. The molecule has 2 aromatic carbocycles. The molecule has 11 heteroatoms. The van der Waals surface area contributed by atoms with Crippen molar-refractivity contribution in [2.45, 2.75) is 44.7 Å². The number of nitrogens with one attached hydrogen (secondary N) is 1. The van der Waals surface area contributed by atoms with Crippen LogP contribution in [0, 0.1) is 5.92 Å². The number of amides is 1. The number of carbonyl (C=O) groups is 1. The number of hydrogen-bond donors (Lipinski definition) is 1. The van der Waals surface area contributed by atoms with Crippen LogP contribution in [0.1, 0.15) is 48.2 Å². The minimum absolute atomic E-state index is 0.0845. The highest BCUT2D eigenvalue weighted by Crippen LogP contribution is 2.29. The van der Waals surface area contributed by atoms with E-state index in [0.717, 1.165) is 54.5 Å². The number of nitrogens with zero attached hydrogens (tertiary/aromatic N) is 4. The number of pyridine rings is 1. The Bertz CT molecular complexity index is 1640. The smallest absolute Gasteiger partial charge is 0.333 e. The number of halogens is 3. The number of anilines is 1. The van der Waals surface area contributed by atoms with Gasteiger partial charge in [-0.15, -0.1) is 0 Å². The number of aromatic nitrogens is 3. The first kappa shape index (κ1) is 28.4. The molecule has 6 rings (SSSR count). The summed E-state index contributed by atoms with van der Waals surface area (Å²) in [6.07, 6.45) is 1.19. The molecular formula is C31H32ClF2N5O3. The van der Waals surface area contributed by atoms with Gasteiger partial charge in [-0.3, -0.25) is 18.9 Å². The number of benzene rings is 2. The van der Waals surface area contributed by atoms with Crippen LogP contribution in [-0.4, -0.2) is 52.4 Å². The van der Waals surface area contributed by atoms with Crippen LogP contribution in [0.3, 0.4) is 0 Å². The highest BCUT2D eigenvalue weighted by Gasteiger charge is 2.27. The van der Waals surface area contributed by atoms with Gasteiger partial charge >= 0.3 is 5.69 Å². The van der Waals surface area contributed by atoms with Gasteiger partial charge in [-0.2, -0.15) is 0 Å². The van der Waals surface area contributed by atoms with Crippen molar-refractivity contribution in [1.29, 1.82) is 0 Å². The molecule has 220 valence electrons. The van der Waals surface area contributed by atoms with Crippen molar-refractivity contribution in [2.75, 3.05) is 31.2 Å². The summed E-state index contributed by atoms with van der Waals surface area (Å²) in [6, 6.07) is 17.0. The Morgan fingerprint density at radius 3 is 2.45 bits per heavy atom. The third-order valence-electron chi connectivity index (χ3n) is 8.26. The van der Waals surface area contributed by atoms with E-state index in [1.54, 1.807) is 4.57 Å². The monoisotopic (exact) mass is 595 g/mol. The Balaban J connectivity index is 1.17. The average Bonchev–Trinajstić information content (AvgIpc) is 3.29. The molecule has 0 unspecified atom stereocenters. The fraction of sp³-hybridized carbons (Fsp3) is 0.387. The van der Waals surface area contributed by atoms with Crippen molar-refractivity contribution in [3.63, 3.8) is 0 Å². The second-order valence-electron chi connectivity index (χ2n) is 10.9. The molecule has 2 aliphatic rings. The summed E-state index contributed by atoms with van der Waals surface area (Å²) in [7, 11) is 0. The zero-order valence-corrected chi connectivity index (χ0v) is 23.8. The highest BCUT2D eigenvalue weighted by molar-refractivity contribution is 6.30. The van der Waals surface area contributed by atoms with E-state index in [-0.39, 0.29) is 28.2 Å². The fourth-order valence-corrected chi connectivity index (χ4v) is 6.26. The van der Waals surface area contributed by atoms with Crippen molar-refractivity contribution in [1.82, 2.24) is 19.4 Å². The van der Waals surface area contributed by atoms with Crippen molar-refractivity contribution in [3.8, 4) is 5.69 Å². The molecule has 2 aromatic heterocycles. The van der Waals surface area contributed by atoms with E-state index in [4.69, 9.17) is 16.3 Å². The Labute approximate surface area is 246 Å². The molecule has 1 saturated carbocycles. The largest absolute Gasteiger partial charge is 0.378 e. The molecule has 1 saturated heterocycles. The first-order valence-corrected chi connectivity index (χ1v) is 14.6. The lowest BCUT2D eigenvalue weighted by Crippen LogP contribution is -2.39. The molecule has 0 atom stereocenters. The minimum atomic E-state index is -2.87. The van der Waals surface area contributed by atoms with Crippen LogP contribution in [-0.2, 0) is 11.3 Å². The van der Waals surface area contributed by atoms with E-state index in [1.165, 1.54) is 6.07 Å². The number of carbonyl (C=O) groups excluding carboxylic acids is 1. The molecule has 1 aliphatic carbocycles. The maximum absolute atomic E-state index is 13.9. The lowest BCUT2D eigenvalue weighted by Gasteiger charge is -2.29. The fourth-order valence-electron chi connectivity index (χ4n) is 6.10. The van der Waals surface area contributed by atoms with Gasteiger partial charge in [-0.1, -0.05) is 29.8 Å². The van der Waals surface area contributed by atoms with E-state index in [1.807, 2.05) is 41.0 Å². The van der Waals surface area contributed by atoms with Gasteiger partial charge in [0.25, 0.3) is 12.3 Å². The van der Waals surface area contributed by atoms with Crippen LogP contribution >= 0.6 is 11.6 Å². The molecule has 0 radical (unpaired) electrons. The molecule has 4 aromatic rings. The van der Waals surface area contributed by atoms with E-state index < -0.39 is 18.0 Å². The minimum Gasteiger partial charge on any atom is -0.378 e. The van der Waals surface area contributed by atoms with Crippen LogP contribution in [0.4, 0.5) is 14.5 Å². The maximum atomic E-state index is 13.9. The number of ether oxygens (including phenoxy) is 1. The lowest BCUT2D eigenvalue weighted by atomic mass is 9.85. The first-order valence-electron chi connectivity index (χ1n) is 14.3. The molecule has 0 bridgehead atoms. The van der Waals surface area contributed by atoms with E-state index in [9.17, 15) is 18.4 Å². The van der Waals surface area contributed by atoms with Gasteiger partial charge in [0.2, 0.25) is 0 Å². The summed E-state index contributed by atoms with van der Waals surface area (Å²) in [5, 5.41) is 3.02. The van der Waals surface area contributed by atoms with Crippen LogP contribution in [0.5, 0.6) is 0 Å². The Hall–Kier alpha value is -3.76. The molecule has 2 fully saturated rings. The number of fused-ring (bicyclic) bond motifs is 1. The number of hydrogen-bond acceptors (Lipinski definition) is 5. The van der Waals surface area contributed by atoms with Crippen LogP contribution in [0.2, 0.25) is 5.02 Å². The summed E-state index contributed by atoms with van der Waals surface area (Å²) < 4.78 is 35.9. The maximum Gasteiger partial charge on any atom is 0.333 e. The first-order chi connectivity index (χ1) is 20.4. The lowest BCUT2D eigenvalue weighted by molar-refractivity contribution is 0.0904. The van der Waals surface area contributed by atoms with Gasteiger partial charge < -0.3 is 15.0 Å². The quantitative estimate of drug-likeness (QED) is 0.301. The standard InChI is InChI=1S/C31H32ClF2N5O3/c32-21-16-25(28(29(33)34)35-18-21)30(40)36-22-10-8-20(9-11-22)19-38-26-6-1-2-7-27(26)39(31(38)41)24-5-3-4-23(17-24)37-12-14-42-15-13-37/h1-7,16-18,20,22,29H,8-15,19H2,(H,36,40)/t20-,22-. The van der Waals surface area contributed by atoms with E-state index in [2.05, 4.69) is 27.3 Å². The SMILES string of the molecule is O=C(N[C@H]1CC[C@H](Cn2c(=O)n(-c3cccc(N4CCOCC4)c3)c3ccccc32)CC1)c1cc(Cl)cnc1C(F)F. The zero-order valence-electron chi connectivity index (χ0n) is 23.0. The van der Waals surface area contributed by atoms with Gasteiger partial charge in [-0.25, -0.2) is 13.6 Å². The third-order valence-corrected chi connectivity index (χ3v) is 8.47. The molecule has 1 amide bonds. The van der Waals surface area contributed by atoms with E-state index >= 15 is 0 Å². The molecule has 3 heterocycles. The number of morpholine rings is 1. The summed E-state index contributed by atoms with van der Waals surface area (Å²) in [6.45, 7) is 3.55. The van der Waals surface area contributed by atoms with Crippen molar-refractivity contribution in [2.24, 2.45) is 5.92 Å². The Kier molecular flexibility index (Phi) is 8.26. The molecular weight excluding hydrogens is 564 g/mol. The van der Waals surface area contributed by atoms with Crippen molar-refractivity contribution < 1.29 is 18.3 Å². The van der Waals surface area contributed by atoms with Crippen LogP contribution in [0.15, 0.2) is 65.6 Å². The van der Waals surface area contributed by atoms with Crippen molar-refractivity contribution >= 4 is 34.2 Å². The van der Waals surface area contributed by atoms with Gasteiger partial charge in [-0.05, 0) is 68.0 Å². The van der Waals surface area contributed by atoms with Crippen LogP contribution in [0.25, 0.3) is 16.7 Å². The summed E-state index contributed by atoms with van der Waals surface area (Å²) >= 11 is 5.92. The van der Waals surface area contributed by atoms with E-state index in [0.29, 0.717) is 32.6 Å². The molecule has 1 aliphatic heterocycles. The second-order valence-corrected chi connectivity index (χ2v) is 11.4. The van der Waals surface area contributed by atoms with Gasteiger partial charge in [0.1, 0.15) is 5.69 Å². The zero-order chi connectivity index (χ0) is 29.2. The van der Waals surface area contributed by atoms with Gasteiger partial charge in [0.05, 0.1) is 40.5 Å². The predicted molar refractivity (Wildman–Crippen MR) is 158 cm³/mol. The molecule has 1 N–H and O–H groups in total. The van der Waals surface area contributed by atoms with Crippen molar-refractivity contribution in [3.05, 3.63) is 87.6 Å². The Morgan fingerprint density at radius 2 is 1.71 bits per heavy atom. The Morgan fingerprint density at radius 1 is 1.00 bits per heavy atom. The number of rotatable bonds is 7. The summed E-state index contributed by atoms with van der Waals surface area (Å²) in [5.41, 5.74) is 2.76. The molecule has 42 heavy (non-hydrogen) atoms. The normalized spacial score (nSPS) is 19.4. The van der Waals surface area contributed by atoms with Crippen LogP contribution < -0.4 is 15.9 Å². The summed E-state index contributed by atoms with van der Waals surface area (Å²) in [5.74, 6) is -0.360. The predicted octanol–water partition coefficient (Wildman–Crippen LogP) is 5.60. The van der Waals surface area contributed by atoms with Gasteiger partial charge in [0, 0.05) is 37.6 Å².